The molecule has 146 valence electrons. The molecule has 0 fully saturated rings. The highest BCUT2D eigenvalue weighted by Crippen LogP contribution is 2.39. The van der Waals surface area contributed by atoms with Gasteiger partial charge in [-0.05, 0) is 30.3 Å². The van der Waals surface area contributed by atoms with Gasteiger partial charge in [-0.25, -0.2) is 23.6 Å². The molecule has 1 aliphatic rings. The number of halogens is 2. The van der Waals surface area contributed by atoms with Gasteiger partial charge in [0.25, 0.3) is 0 Å². The van der Waals surface area contributed by atoms with Gasteiger partial charge in [0.05, 0.1) is 12.8 Å². The molecule has 2 aromatic heterocycles. The number of aliphatic imine (C=N–C) groups is 1. The van der Waals surface area contributed by atoms with Gasteiger partial charge in [-0.1, -0.05) is 0 Å². The molecule has 3 aromatic rings. The number of esters is 1. The van der Waals surface area contributed by atoms with Crippen LogP contribution in [-0.2, 0) is 4.74 Å². The Morgan fingerprint density at radius 1 is 1.31 bits per heavy atom. The molecule has 0 amide bonds. The summed E-state index contributed by atoms with van der Waals surface area (Å²) in [7, 11) is 1.13. The zero-order chi connectivity index (χ0) is 20.5. The smallest absolute Gasteiger partial charge is 0.347 e. The Hall–Kier alpha value is -4.01. The van der Waals surface area contributed by atoms with Crippen LogP contribution in [0.2, 0.25) is 0 Å². The summed E-state index contributed by atoms with van der Waals surface area (Å²) >= 11 is 0. The minimum Gasteiger partial charge on any atom is -0.504 e. The lowest BCUT2D eigenvalue weighted by molar-refractivity contribution is 0.0598. The number of aromatic hydroxyl groups is 1. The van der Waals surface area contributed by atoms with Gasteiger partial charge in [0.2, 0.25) is 5.88 Å². The average molecular weight is 397 g/mol. The molecule has 9 heteroatoms. The zero-order valence-electron chi connectivity index (χ0n) is 14.9. The standard InChI is InChI=1S/C20H13F2N3O4/c1-28-20(27)16-17(26)15(7-10-9-24-18-12(10)3-2-6-23-18)29-19(16)25-14-5-4-11(21)8-13(14)22/h2-9,25-26H,1H3/b10-7+. The first-order valence-electron chi connectivity index (χ1n) is 8.35. The van der Waals surface area contributed by atoms with Gasteiger partial charge in [0.15, 0.2) is 22.9 Å². The predicted octanol–water partition coefficient (Wildman–Crippen LogP) is 4.45. The van der Waals surface area contributed by atoms with Crippen LogP contribution in [0.25, 0.3) is 11.6 Å². The minimum atomic E-state index is -0.903. The molecule has 0 unspecified atom stereocenters. The number of fused-ring (bicyclic) bond motifs is 1. The van der Waals surface area contributed by atoms with Crippen molar-refractivity contribution in [3.63, 3.8) is 0 Å². The van der Waals surface area contributed by atoms with Crippen LogP contribution in [0, 0.1) is 11.6 Å². The minimum absolute atomic E-state index is 0.0754. The number of aromatic nitrogens is 1. The van der Waals surface area contributed by atoms with Gasteiger partial charge >= 0.3 is 5.97 Å². The number of pyridine rings is 1. The number of ether oxygens (including phenoxy) is 1. The van der Waals surface area contributed by atoms with E-state index in [2.05, 4.69) is 20.0 Å². The highest BCUT2D eigenvalue weighted by atomic mass is 19.1. The summed E-state index contributed by atoms with van der Waals surface area (Å²) in [6.07, 6.45) is 4.59. The fraction of sp³-hybridized carbons (Fsp3) is 0.0500. The fourth-order valence-corrected chi connectivity index (χ4v) is 2.81. The van der Waals surface area contributed by atoms with Crippen molar-refractivity contribution in [2.24, 2.45) is 4.99 Å². The van der Waals surface area contributed by atoms with Crippen molar-refractivity contribution in [2.45, 2.75) is 0 Å². The average Bonchev–Trinajstić information content (AvgIpc) is 3.25. The number of carbonyl (C=O) groups is 1. The highest BCUT2D eigenvalue weighted by Gasteiger charge is 2.27. The van der Waals surface area contributed by atoms with Crippen LogP contribution >= 0.6 is 0 Å². The number of hydrogen-bond donors (Lipinski definition) is 2. The van der Waals surface area contributed by atoms with Crippen molar-refractivity contribution in [3.8, 4) is 5.75 Å². The van der Waals surface area contributed by atoms with Crippen molar-refractivity contribution in [1.82, 2.24) is 4.98 Å². The molecule has 7 nitrogen and oxygen atoms in total. The number of nitrogens with one attached hydrogen (secondary N) is 1. The molecule has 2 N–H and O–H groups in total. The number of hydrogen-bond acceptors (Lipinski definition) is 7. The van der Waals surface area contributed by atoms with E-state index in [0.717, 1.165) is 19.2 Å². The lowest BCUT2D eigenvalue weighted by atomic mass is 10.1. The SMILES string of the molecule is COC(=O)c1c(Nc2ccc(F)cc2F)oc(/C=C2\C=Nc3ncccc32)c1O. The number of nitrogens with zero attached hydrogens (tertiary/aromatic N) is 2. The molecule has 1 aliphatic heterocycles. The number of anilines is 2. The van der Waals surface area contributed by atoms with Crippen molar-refractivity contribution >= 4 is 41.2 Å². The summed E-state index contributed by atoms with van der Waals surface area (Å²) in [5.41, 5.74) is 0.820. The normalized spacial score (nSPS) is 13.6. The molecule has 4 rings (SSSR count). The Labute approximate surface area is 163 Å². The van der Waals surface area contributed by atoms with E-state index in [1.165, 1.54) is 12.3 Å². The van der Waals surface area contributed by atoms with Crippen LogP contribution < -0.4 is 5.32 Å². The first-order valence-corrected chi connectivity index (χ1v) is 8.35. The Morgan fingerprint density at radius 3 is 2.90 bits per heavy atom. The molecule has 0 saturated carbocycles. The molecule has 0 radical (unpaired) electrons. The van der Waals surface area contributed by atoms with Crippen molar-refractivity contribution in [3.05, 3.63) is 65.1 Å². The molecule has 0 atom stereocenters. The van der Waals surface area contributed by atoms with E-state index >= 15 is 0 Å². The second kappa shape index (κ2) is 7.19. The van der Waals surface area contributed by atoms with E-state index in [9.17, 15) is 18.7 Å². The van der Waals surface area contributed by atoms with Crippen LogP contribution in [0.4, 0.5) is 26.2 Å². The lowest BCUT2D eigenvalue weighted by Gasteiger charge is -2.06. The number of furan rings is 1. The first kappa shape index (κ1) is 18.4. The molecule has 0 spiro atoms. The molecule has 0 saturated heterocycles. The molecular formula is C20H13F2N3O4. The van der Waals surface area contributed by atoms with Crippen molar-refractivity contribution in [1.29, 1.82) is 0 Å². The molecule has 3 heterocycles. The quantitative estimate of drug-likeness (QED) is 0.632. The Morgan fingerprint density at radius 2 is 2.14 bits per heavy atom. The van der Waals surface area contributed by atoms with E-state index in [0.29, 0.717) is 23.0 Å². The summed E-state index contributed by atoms with van der Waals surface area (Å²) in [6, 6.07) is 6.36. The second-order valence-electron chi connectivity index (χ2n) is 5.99. The van der Waals surface area contributed by atoms with Crippen molar-refractivity contribution < 1.29 is 27.8 Å². The van der Waals surface area contributed by atoms with E-state index in [1.807, 2.05) is 0 Å². The monoisotopic (exact) mass is 397 g/mol. The van der Waals surface area contributed by atoms with Crippen LogP contribution in [-0.4, -0.2) is 29.4 Å². The molecule has 0 aliphatic carbocycles. The summed E-state index contributed by atoms with van der Waals surface area (Å²) in [5.74, 6) is -2.89. The zero-order valence-corrected chi connectivity index (χ0v) is 14.9. The maximum absolute atomic E-state index is 14.0. The van der Waals surface area contributed by atoms with E-state index in [1.54, 1.807) is 18.3 Å². The van der Waals surface area contributed by atoms with Gasteiger partial charge < -0.3 is 19.6 Å². The third-order valence-electron chi connectivity index (χ3n) is 4.19. The maximum atomic E-state index is 14.0. The summed E-state index contributed by atoms with van der Waals surface area (Å²) in [5, 5.41) is 13.1. The van der Waals surface area contributed by atoms with Crippen LogP contribution in [0.5, 0.6) is 5.75 Å². The van der Waals surface area contributed by atoms with Gasteiger partial charge in [-0.3, -0.25) is 0 Å². The number of allylic oxidation sites excluding steroid dienone is 1. The lowest BCUT2D eigenvalue weighted by Crippen LogP contribution is -2.04. The number of benzene rings is 1. The van der Waals surface area contributed by atoms with Crippen LogP contribution in [0.15, 0.2) is 45.9 Å². The third kappa shape index (κ3) is 3.33. The Balaban J connectivity index is 1.78. The molecular weight excluding hydrogens is 384 g/mol. The van der Waals surface area contributed by atoms with Crippen LogP contribution in [0.3, 0.4) is 0 Å². The van der Waals surface area contributed by atoms with Gasteiger partial charge in [0.1, 0.15) is 11.6 Å². The predicted molar refractivity (Wildman–Crippen MR) is 102 cm³/mol. The largest absolute Gasteiger partial charge is 0.504 e. The fourth-order valence-electron chi connectivity index (χ4n) is 2.81. The number of methoxy groups -OCH3 is 1. The highest BCUT2D eigenvalue weighted by molar-refractivity contribution is 6.21. The van der Waals surface area contributed by atoms with Gasteiger partial charge in [0, 0.05) is 29.6 Å². The van der Waals surface area contributed by atoms with Crippen LogP contribution in [0.1, 0.15) is 21.7 Å². The van der Waals surface area contributed by atoms with E-state index in [-0.39, 0.29) is 22.9 Å². The Kier molecular flexibility index (Phi) is 4.55. The first-order chi connectivity index (χ1) is 14.0. The molecule has 29 heavy (non-hydrogen) atoms. The van der Waals surface area contributed by atoms with Gasteiger partial charge in [-0.15, -0.1) is 0 Å². The molecule has 0 bridgehead atoms. The third-order valence-corrected chi connectivity index (χ3v) is 4.19. The van der Waals surface area contributed by atoms with Crippen molar-refractivity contribution in [2.75, 3.05) is 12.4 Å². The maximum Gasteiger partial charge on any atom is 0.347 e. The summed E-state index contributed by atoms with van der Waals surface area (Å²) < 4.78 is 37.4. The molecule has 1 aromatic carbocycles. The number of carbonyl (C=O) groups excluding carboxylic acids is 1. The summed E-state index contributed by atoms with van der Waals surface area (Å²) in [4.78, 5) is 20.4. The van der Waals surface area contributed by atoms with Gasteiger partial charge in [-0.2, -0.15) is 0 Å². The number of rotatable bonds is 4. The second-order valence-corrected chi connectivity index (χ2v) is 5.99. The topological polar surface area (TPSA) is 97.0 Å². The Bertz CT molecular complexity index is 1180. The van der Waals surface area contributed by atoms with E-state index in [4.69, 9.17) is 4.42 Å². The van der Waals surface area contributed by atoms with E-state index < -0.39 is 23.4 Å². The summed E-state index contributed by atoms with van der Waals surface area (Å²) in [6.45, 7) is 0.